The van der Waals surface area contributed by atoms with Gasteiger partial charge in [0.2, 0.25) is 0 Å². The highest BCUT2D eigenvalue weighted by atomic mass is 32.1. The topological polar surface area (TPSA) is 50.9 Å². The van der Waals surface area contributed by atoms with Gasteiger partial charge in [-0.3, -0.25) is 0 Å². The molecule has 1 aromatic heterocycles. The summed E-state index contributed by atoms with van der Waals surface area (Å²) in [4.78, 5) is 4.23. The third-order valence-electron chi connectivity index (χ3n) is 2.13. The molecule has 0 aliphatic carbocycles. The molecule has 17 heavy (non-hydrogen) atoms. The Morgan fingerprint density at radius 3 is 2.59 bits per heavy atom. The standard InChI is InChI=1S/C10H16F3N3S/c1-6(3-10(11,12)13)15-4-8-5-17-9(16-8)7(2)14/h5-7,15H,3-4,14H2,1-2H3. The van der Waals surface area contributed by atoms with Crippen LogP contribution < -0.4 is 11.1 Å². The zero-order valence-corrected chi connectivity index (χ0v) is 10.5. The highest BCUT2D eigenvalue weighted by molar-refractivity contribution is 7.09. The van der Waals surface area contributed by atoms with Gasteiger partial charge in [0.25, 0.3) is 0 Å². The fraction of sp³-hybridized carbons (Fsp3) is 0.700. The van der Waals surface area contributed by atoms with Gasteiger partial charge in [-0.15, -0.1) is 11.3 Å². The third-order valence-corrected chi connectivity index (χ3v) is 3.22. The van der Waals surface area contributed by atoms with Gasteiger partial charge in [-0.05, 0) is 13.8 Å². The number of hydrogen-bond donors (Lipinski definition) is 2. The van der Waals surface area contributed by atoms with Crippen molar-refractivity contribution in [1.29, 1.82) is 0 Å². The molecule has 0 saturated heterocycles. The van der Waals surface area contributed by atoms with Crippen molar-refractivity contribution >= 4 is 11.3 Å². The summed E-state index contributed by atoms with van der Waals surface area (Å²) in [6, 6.07) is -0.753. The van der Waals surface area contributed by atoms with Crippen molar-refractivity contribution in [2.75, 3.05) is 0 Å². The number of thiazole rings is 1. The maximum absolute atomic E-state index is 12.1. The van der Waals surface area contributed by atoms with Crippen molar-refractivity contribution in [3.05, 3.63) is 16.1 Å². The van der Waals surface area contributed by atoms with Gasteiger partial charge in [-0.25, -0.2) is 4.98 Å². The summed E-state index contributed by atoms with van der Waals surface area (Å²) in [5.41, 5.74) is 6.38. The number of rotatable bonds is 5. The third kappa shape index (κ3) is 5.47. The van der Waals surface area contributed by atoms with E-state index in [1.165, 1.54) is 18.3 Å². The Kier molecular flexibility index (Phi) is 4.91. The Morgan fingerprint density at radius 1 is 1.47 bits per heavy atom. The maximum Gasteiger partial charge on any atom is 0.390 e. The van der Waals surface area contributed by atoms with E-state index in [1.54, 1.807) is 0 Å². The first kappa shape index (κ1) is 14.4. The number of halogens is 3. The van der Waals surface area contributed by atoms with Gasteiger partial charge in [0.1, 0.15) is 5.01 Å². The van der Waals surface area contributed by atoms with Gasteiger partial charge >= 0.3 is 6.18 Å². The Morgan fingerprint density at radius 2 is 2.12 bits per heavy atom. The molecule has 0 spiro atoms. The van der Waals surface area contributed by atoms with E-state index < -0.39 is 18.6 Å². The zero-order valence-electron chi connectivity index (χ0n) is 9.71. The van der Waals surface area contributed by atoms with Gasteiger partial charge in [-0.1, -0.05) is 0 Å². The van der Waals surface area contributed by atoms with Crippen LogP contribution in [0.2, 0.25) is 0 Å². The molecule has 3 nitrogen and oxygen atoms in total. The first-order chi connectivity index (χ1) is 7.78. The lowest BCUT2D eigenvalue weighted by atomic mass is 10.2. The first-order valence-electron chi connectivity index (χ1n) is 5.28. The summed E-state index contributed by atoms with van der Waals surface area (Å²) < 4.78 is 36.2. The highest BCUT2D eigenvalue weighted by Crippen LogP contribution is 2.21. The number of nitrogens with one attached hydrogen (secondary N) is 1. The lowest BCUT2D eigenvalue weighted by Crippen LogP contribution is -2.30. The van der Waals surface area contributed by atoms with Crippen molar-refractivity contribution in [3.63, 3.8) is 0 Å². The summed E-state index contributed by atoms with van der Waals surface area (Å²) >= 11 is 1.42. The van der Waals surface area contributed by atoms with E-state index in [2.05, 4.69) is 10.3 Å². The maximum atomic E-state index is 12.1. The van der Waals surface area contributed by atoms with E-state index in [1.807, 2.05) is 12.3 Å². The van der Waals surface area contributed by atoms with E-state index in [9.17, 15) is 13.2 Å². The molecule has 2 atom stereocenters. The van der Waals surface area contributed by atoms with Gasteiger partial charge in [0, 0.05) is 18.0 Å². The summed E-state index contributed by atoms with van der Waals surface area (Å²) in [7, 11) is 0. The molecule has 3 N–H and O–H groups in total. The fourth-order valence-corrected chi connectivity index (χ4v) is 2.09. The summed E-state index contributed by atoms with van der Waals surface area (Å²) in [5.74, 6) is 0. The minimum atomic E-state index is -4.13. The van der Waals surface area contributed by atoms with E-state index in [-0.39, 0.29) is 6.04 Å². The molecule has 7 heteroatoms. The quantitative estimate of drug-likeness (QED) is 0.862. The lowest BCUT2D eigenvalue weighted by molar-refractivity contribution is -0.139. The summed E-state index contributed by atoms with van der Waals surface area (Å²) in [6.45, 7) is 3.66. The second-order valence-electron chi connectivity index (χ2n) is 4.07. The molecule has 98 valence electrons. The van der Waals surface area contributed by atoms with Crippen LogP contribution >= 0.6 is 11.3 Å². The van der Waals surface area contributed by atoms with Crippen LogP contribution in [0, 0.1) is 0 Å². The van der Waals surface area contributed by atoms with E-state index in [0.717, 1.165) is 10.7 Å². The van der Waals surface area contributed by atoms with Gasteiger partial charge in [-0.2, -0.15) is 13.2 Å². The molecule has 1 aromatic rings. The second-order valence-corrected chi connectivity index (χ2v) is 4.96. The molecule has 0 saturated carbocycles. The molecular weight excluding hydrogens is 251 g/mol. The predicted molar refractivity (Wildman–Crippen MR) is 61.7 cm³/mol. The van der Waals surface area contributed by atoms with Crippen molar-refractivity contribution in [1.82, 2.24) is 10.3 Å². The summed E-state index contributed by atoms with van der Waals surface area (Å²) in [5, 5.41) is 5.40. The van der Waals surface area contributed by atoms with Crippen LogP contribution in [0.5, 0.6) is 0 Å². The van der Waals surface area contributed by atoms with Gasteiger partial charge in [0.15, 0.2) is 0 Å². The fourth-order valence-electron chi connectivity index (χ4n) is 1.31. The summed E-state index contributed by atoms with van der Waals surface area (Å²) in [6.07, 6.45) is -4.97. The number of alkyl halides is 3. The Bertz CT molecular complexity index is 349. The number of aromatic nitrogens is 1. The van der Waals surface area contributed by atoms with Crippen LogP contribution in [0.15, 0.2) is 5.38 Å². The van der Waals surface area contributed by atoms with Gasteiger partial charge in [0.05, 0.1) is 18.2 Å². The monoisotopic (exact) mass is 267 g/mol. The molecule has 0 bridgehead atoms. The molecule has 0 aromatic carbocycles. The molecule has 0 amide bonds. The van der Waals surface area contributed by atoms with Crippen molar-refractivity contribution in [2.45, 2.75) is 45.1 Å². The average Bonchev–Trinajstić information content (AvgIpc) is 2.60. The van der Waals surface area contributed by atoms with Crippen molar-refractivity contribution < 1.29 is 13.2 Å². The molecule has 0 radical (unpaired) electrons. The van der Waals surface area contributed by atoms with Crippen LogP contribution in [0.4, 0.5) is 13.2 Å². The van der Waals surface area contributed by atoms with E-state index in [0.29, 0.717) is 6.54 Å². The smallest absolute Gasteiger partial charge is 0.322 e. The van der Waals surface area contributed by atoms with Crippen molar-refractivity contribution in [3.8, 4) is 0 Å². The van der Waals surface area contributed by atoms with Crippen molar-refractivity contribution in [2.24, 2.45) is 5.73 Å². The second kappa shape index (κ2) is 5.79. The van der Waals surface area contributed by atoms with Crippen LogP contribution in [-0.2, 0) is 6.54 Å². The molecule has 0 aliphatic heterocycles. The number of nitrogens with zero attached hydrogens (tertiary/aromatic N) is 1. The molecule has 1 heterocycles. The Labute approximate surface area is 102 Å². The minimum absolute atomic E-state index is 0.138. The van der Waals surface area contributed by atoms with Gasteiger partial charge < -0.3 is 11.1 Å². The van der Waals surface area contributed by atoms with Crippen LogP contribution in [0.25, 0.3) is 0 Å². The highest BCUT2D eigenvalue weighted by Gasteiger charge is 2.29. The molecule has 1 rings (SSSR count). The Hall–Kier alpha value is -0.660. The van der Waals surface area contributed by atoms with Crippen LogP contribution in [-0.4, -0.2) is 17.2 Å². The largest absolute Gasteiger partial charge is 0.390 e. The molecular formula is C10H16F3N3S. The SMILES string of the molecule is CC(CC(F)(F)F)NCc1csc(C(C)N)n1. The lowest BCUT2D eigenvalue weighted by Gasteiger charge is -2.14. The molecule has 0 aliphatic rings. The van der Waals surface area contributed by atoms with E-state index in [4.69, 9.17) is 5.73 Å². The van der Waals surface area contributed by atoms with Crippen LogP contribution in [0.1, 0.15) is 37.0 Å². The average molecular weight is 267 g/mol. The zero-order chi connectivity index (χ0) is 13.1. The first-order valence-corrected chi connectivity index (χ1v) is 6.16. The normalized spacial score (nSPS) is 15.9. The van der Waals surface area contributed by atoms with E-state index >= 15 is 0 Å². The van der Waals surface area contributed by atoms with Crippen LogP contribution in [0.3, 0.4) is 0 Å². The molecule has 0 fully saturated rings. The number of nitrogens with two attached hydrogens (primary N) is 1. The molecule has 2 unspecified atom stereocenters. The predicted octanol–water partition coefficient (Wildman–Crippen LogP) is 2.59. The number of hydrogen-bond acceptors (Lipinski definition) is 4. The Balaban J connectivity index is 2.39. The minimum Gasteiger partial charge on any atom is -0.322 e.